The van der Waals surface area contributed by atoms with E-state index in [4.69, 9.17) is 22.1 Å². The summed E-state index contributed by atoms with van der Waals surface area (Å²) in [6.45, 7) is 0.477. The van der Waals surface area contributed by atoms with Crippen LogP contribution in [0.4, 0.5) is 8.78 Å². The molecule has 4 rings (SSSR count). The predicted octanol–water partition coefficient (Wildman–Crippen LogP) is 3.60. The van der Waals surface area contributed by atoms with Gasteiger partial charge in [0.1, 0.15) is 4.32 Å². The molecule has 1 N–H and O–H groups in total. The maximum atomic E-state index is 13.5. The molecule has 7 nitrogen and oxygen atoms in total. The number of morpholine rings is 1. The Morgan fingerprint density at radius 3 is 2.76 bits per heavy atom. The van der Waals surface area contributed by atoms with Crippen LogP contribution in [0.1, 0.15) is 11.3 Å². The van der Waals surface area contributed by atoms with Gasteiger partial charge in [-0.05, 0) is 40.8 Å². The molecule has 34 heavy (non-hydrogen) atoms. The Bertz CT molecular complexity index is 1200. The summed E-state index contributed by atoms with van der Waals surface area (Å²) in [6.07, 6.45) is 0.624. The lowest BCUT2D eigenvalue weighted by atomic mass is 10.1. The Morgan fingerprint density at radius 2 is 2.03 bits per heavy atom. The third kappa shape index (κ3) is 5.35. The van der Waals surface area contributed by atoms with Crippen LogP contribution < -0.4 is 0 Å². The Balaban J connectivity index is 1.39. The Morgan fingerprint density at radius 1 is 1.24 bits per heavy atom. The van der Waals surface area contributed by atoms with Crippen LogP contribution in [-0.4, -0.2) is 69.4 Å². The summed E-state index contributed by atoms with van der Waals surface area (Å²) in [7, 11) is 0. The molecule has 3 heterocycles. The smallest absolute Gasteiger partial charge is 0.334 e. The molecule has 0 spiro atoms. The highest BCUT2D eigenvalue weighted by molar-refractivity contribution is 8.26. The quantitative estimate of drug-likeness (QED) is 0.457. The Labute approximate surface area is 207 Å². The van der Waals surface area contributed by atoms with Gasteiger partial charge in [-0.15, -0.1) is 11.3 Å². The number of thiocarbonyl (C=S) groups is 1. The first-order valence-electron chi connectivity index (χ1n) is 10.1. The summed E-state index contributed by atoms with van der Waals surface area (Å²) in [6, 6.07) is 5.43. The number of thioether (sulfide) groups is 1. The normalized spacial score (nSPS) is 19.8. The van der Waals surface area contributed by atoms with Gasteiger partial charge in [0.25, 0.3) is 5.91 Å². The van der Waals surface area contributed by atoms with Crippen molar-refractivity contribution >= 4 is 63.5 Å². The summed E-state index contributed by atoms with van der Waals surface area (Å²) in [4.78, 5) is 40.4. The van der Waals surface area contributed by atoms with Crippen molar-refractivity contribution in [2.75, 3.05) is 26.2 Å². The predicted molar refractivity (Wildman–Crippen MR) is 128 cm³/mol. The van der Waals surface area contributed by atoms with E-state index in [1.807, 2.05) is 0 Å². The lowest BCUT2D eigenvalue weighted by Crippen LogP contribution is -2.49. The number of aliphatic carboxylic acids is 1. The first-order chi connectivity index (χ1) is 16.2. The zero-order valence-corrected chi connectivity index (χ0v) is 20.0. The number of carboxylic acid groups (broad SMARTS) is 1. The summed E-state index contributed by atoms with van der Waals surface area (Å²) >= 11 is 7.78. The van der Waals surface area contributed by atoms with Crippen molar-refractivity contribution in [1.29, 1.82) is 0 Å². The number of carboxylic acids is 1. The zero-order chi connectivity index (χ0) is 24.4. The van der Waals surface area contributed by atoms with Crippen LogP contribution in [0.5, 0.6) is 0 Å². The highest BCUT2D eigenvalue weighted by Gasteiger charge is 2.34. The third-order valence-corrected chi connectivity index (χ3v) is 7.52. The average Bonchev–Trinajstić information content (AvgIpc) is 3.38. The molecule has 1 aromatic carbocycles. The molecular weight excluding hydrogens is 506 g/mol. The molecule has 0 aliphatic carbocycles. The number of thiophene rings is 1. The monoisotopic (exact) mass is 524 g/mol. The van der Waals surface area contributed by atoms with Crippen LogP contribution in [0.3, 0.4) is 0 Å². The van der Waals surface area contributed by atoms with Crippen LogP contribution in [0, 0.1) is 11.6 Å². The number of ether oxygens (including phenoxy) is 1. The molecule has 178 valence electrons. The first-order valence-corrected chi connectivity index (χ1v) is 12.2. The molecule has 2 fully saturated rings. The van der Waals surface area contributed by atoms with Gasteiger partial charge in [0, 0.05) is 24.4 Å². The molecular formula is C22H18F2N2O5S3. The molecule has 1 aromatic heterocycles. The Kier molecular flexibility index (Phi) is 7.41. The van der Waals surface area contributed by atoms with Crippen LogP contribution in [0.2, 0.25) is 0 Å². The number of amides is 2. The Hall–Kier alpha value is -2.67. The first kappa shape index (κ1) is 24.5. The van der Waals surface area contributed by atoms with E-state index in [9.17, 15) is 23.2 Å². The number of nitrogens with zero attached hydrogens (tertiary/aromatic N) is 2. The minimum Gasteiger partial charge on any atom is -0.479 e. The van der Waals surface area contributed by atoms with Gasteiger partial charge in [0.05, 0.1) is 18.1 Å². The van der Waals surface area contributed by atoms with Gasteiger partial charge < -0.3 is 14.7 Å². The van der Waals surface area contributed by atoms with E-state index in [2.05, 4.69) is 0 Å². The topological polar surface area (TPSA) is 87.2 Å². The van der Waals surface area contributed by atoms with Gasteiger partial charge in [-0.25, -0.2) is 13.6 Å². The van der Waals surface area contributed by atoms with Crippen molar-refractivity contribution < 1.29 is 33.0 Å². The number of halogens is 2. The maximum Gasteiger partial charge on any atom is 0.334 e. The van der Waals surface area contributed by atoms with Gasteiger partial charge in [0.2, 0.25) is 5.91 Å². The van der Waals surface area contributed by atoms with Crippen molar-refractivity contribution in [1.82, 2.24) is 9.80 Å². The van der Waals surface area contributed by atoms with Crippen LogP contribution in [0.25, 0.3) is 17.2 Å². The molecule has 0 bridgehead atoms. The standard InChI is InChI=1S/C22H18F2N2O5S3/c23-15-2-1-12(8-16(15)24)13-7-14(33-11-13)9-18-20(28)26(22(32)34-18)4-3-19(27)25-5-6-31-17(10-25)21(29)30/h1-2,7-9,11,17H,3-6,10H2,(H,29,30). The fraction of sp³-hybridized carbons (Fsp3) is 0.273. The van der Waals surface area contributed by atoms with E-state index in [1.54, 1.807) is 17.5 Å². The van der Waals surface area contributed by atoms with E-state index in [0.29, 0.717) is 26.9 Å². The molecule has 2 aliphatic rings. The van der Waals surface area contributed by atoms with E-state index in [1.165, 1.54) is 27.2 Å². The fourth-order valence-corrected chi connectivity index (χ4v) is 5.69. The van der Waals surface area contributed by atoms with Gasteiger partial charge in [-0.3, -0.25) is 14.5 Å². The highest BCUT2D eigenvalue weighted by Crippen LogP contribution is 2.35. The second-order valence-electron chi connectivity index (χ2n) is 7.49. The maximum absolute atomic E-state index is 13.5. The van der Waals surface area contributed by atoms with E-state index < -0.39 is 23.7 Å². The van der Waals surface area contributed by atoms with Crippen molar-refractivity contribution in [2.45, 2.75) is 12.5 Å². The van der Waals surface area contributed by atoms with Gasteiger partial charge in [-0.2, -0.15) is 0 Å². The van der Waals surface area contributed by atoms with E-state index in [0.717, 1.165) is 28.8 Å². The van der Waals surface area contributed by atoms with Crippen LogP contribution in [-0.2, 0) is 19.1 Å². The molecule has 2 amide bonds. The average molecular weight is 525 g/mol. The minimum absolute atomic E-state index is 0.00530. The minimum atomic E-state index is -1.12. The lowest BCUT2D eigenvalue weighted by molar-refractivity contribution is -0.159. The largest absolute Gasteiger partial charge is 0.479 e. The molecule has 2 aliphatic heterocycles. The second-order valence-corrected chi connectivity index (χ2v) is 10.1. The van der Waals surface area contributed by atoms with Gasteiger partial charge in [-0.1, -0.05) is 30.0 Å². The summed E-state index contributed by atoms with van der Waals surface area (Å²) < 4.78 is 32.2. The van der Waals surface area contributed by atoms with Gasteiger partial charge >= 0.3 is 5.97 Å². The molecule has 12 heteroatoms. The number of hydrogen-bond donors (Lipinski definition) is 1. The lowest BCUT2D eigenvalue weighted by Gasteiger charge is -2.31. The summed E-state index contributed by atoms with van der Waals surface area (Å²) in [5, 5.41) is 10.9. The molecule has 1 atom stereocenters. The van der Waals surface area contributed by atoms with E-state index >= 15 is 0 Å². The fourth-order valence-electron chi connectivity index (χ4n) is 3.47. The number of carbonyl (C=O) groups excluding carboxylic acids is 2. The number of benzene rings is 1. The molecule has 0 radical (unpaired) electrons. The molecule has 0 saturated carbocycles. The number of carbonyl (C=O) groups is 3. The summed E-state index contributed by atoms with van der Waals surface area (Å²) in [5.74, 6) is -3.58. The van der Waals surface area contributed by atoms with Crippen molar-refractivity contribution in [3.05, 3.63) is 51.1 Å². The molecule has 1 unspecified atom stereocenters. The SMILES string of the molecule is O=C(O)C1CN(C(=O)CCN2C(=O)C(=Cc3cc(-c4ccc(F)c(F)c4)cs3)SC2=S)CCO1. The van der Waals surface area contributed by atoms with Crippen LogP contribution >= 0.6 is 35.3 Å². The molecule has 2 aromatic rings. The van der Waals surface area contributed by atoms with Gasteiger partial charge in [0.15, 0.2) is 17.7 Å². The second kappa shape index (κ2) is 10.3. The zero-order valence-electron chi connectivity index (χ0n) is 17.5. The highest BCUT2D eigenvalue weighted by atomic mass is 32.2. The van der Waals surface area contributed by atoms with E-state index in [-0.39, 0.29) is 37.9 Å². The summed E-state index contributed by atoms with van der Waals surface area (Å²) in [5.41, 5.74) is 1.22. The third-order valence-electron chi connectivity index (χ3n) is 5.26. The van der Waals surface area contributed by atoms with Crippen LogP contribution in [0.15, 0.2) is 34.6 Å². The molecule has 2 saturated heterocycles. The number of rotatable bonds is 6. The number of hydrogen-bond acceptors (Lipinski definition) is 7. The van der Waals surface area contributed by atoms with Crippen molar-refractivity contribution in [2.24, 2.45) is 0 Å². The van der Waals surface area contributed by atoms with Crippen molar-refractivity contribution in [3.8, 4) is 11.1 Å². The van der Waals surface area contributed by atoms with Crippen molar-refractivity contribution in [3.63, 3.8) is 0 Å².